The number of allylic oxidation sites excluding steroid dienone is 2. The second kappa shape index (κ2) is 11.1. The summed E-state index contributed by atoms with van der Waals surface area (Å²) in [4.78, 5) is 4.34. The summed E-state index contributed by atoms with van der Waals surface area (Å²) in [7, 11) is 0. The average Bonchev–Trinajstić information content (AvgIpc) is 3.63. The third-order valence-electron chi connectivity index (χ3n) is 5.54. The van der Waals surface area contributed by atoms with Gasteiger partial charge in [-0.1, -0.05) is 60.0 Å². The fourth-order valence-corrected chi connectivity index (χ4v) is 4.40. The molecule has 1 fully saturated rings. The van der Waals surface area contributed by atoms with Crippen molar-refractivity contribution in [1.29, 1.82) is 0 Å². The molecule has 1 heterocycles. The molecule has 0 saturated heterocycles. The van der Waals surface area contributed by atoms with E-state index in [9.17, 15) is 5.11 Å². The van der Waals surface area contributed by atoms with Gasteiger partial charge in [0.25, 0.3) is 0 Å². The Morgan fingerprint density at radius 2 is 2.06 bits per heavy atom. The molecule has 1 aliphatic rings. The molecule has 2 N–H and O–H groups in total. The molecule has 32 heavy (non-hydrogen) atoms. The zero-order chi connectivity index (χ0) is 22.3. The summed E-state index contributed by atoms with van der Waals surface area (Å²) in [6, 6.07) is 16.0. The molecule has 1 saturated carbocycles. The molecule has 0 spiro atoms. The van der Waals surface area contributed by atoms with Crippen molar-refractivity contribution >= 4 is 34.5 Å². The van der Waals surface area contributed by atoms with Gasteiger partial charge in [0.05, 0.1) is 6.61 Å². The minimum Gasteiger partial charge on any atom is -0.506 e. The number of aromatic nitrogens is 1. The predicted octanol–water partition coefficient (Wildman–Crippen LogP) is 6.87. The standard InChI is InChI=1S/C26H29ClN2O2S/c1-18(20-8-5-10-23(16-20)31-17-19-12-13-19)29-32-14-4-2-3-7-22-15-21-9-6-11-24(30)25(21)28-26(22)27/h2-3,5-6,8-11,15-16,18-19,29-30H,4,7,12-14,17H2,1H3/b3-2+. The molecule has 3 aromatic rings. The number of fused-ring (bicyclic) bond motifs is 1. The van der Waals surface area contributed by atoms with Crippen molar-refractivity contribution in [3.05, 3.63) is 77.0 Å². The van der Waals surface area contributed by atoms with Crippen molar-refractivity contribution in [1.82, 2.24) is 9.71 Å². The van der Waals surface area contributed by atoms with Crippen molar-refractivity contribution in [2.45, 2.75) is 38.6 Å². The number of hydrogen-bond acceptors (Lipinski definition) is 5. The quantitative estimate of drug-likeness (QED) is 0.139. The molecule has 1 atom stereocenters. The molecule has 0 amide bonds. The Morgan fingerprint density at radius 1 is 1.22 bits per heavy atom. The van der Waals surface area contributed by atoms with Gasteiger partial charge in [0.2, 0.25) is 0 Å². The topological polar surface area (TPSA) is 54.4 Å². The first-order valence-corrected chi connectivity index (χ1v) is 12.5. The molecular formula is C26H29ClN2O2S. The number of phenolic OH excluding ortho intramolecular Hbond substituents is 1. The second-order valence-electron chi connectivity index (χ2n) is 8.27. The van der Waals surface area contributed by atoms with E-state index in [1.807, 2.05) is 24.3 Å². The summed E-state index contributed by atoms with van der Waals surface area (Å²) in [5.41, 5.74) is 2.75. The normalized spacial score (nSPS) is 14.8. The molecule has 1 unspecified atom stereocenters. The number of benzene rings is 2. The highest BCUT2D eigenvalue weighted by Gasteiger charge is 2.22. The van der Waals surface area contributed by atoms with Crippen LogP contribution < -0.4 is 9.46 Å². The van der Waals surface area contributed by atoms with Crippen LogP contribution >= 0.6 is 23.5 Å². The lowest BCUT2D eigenvalue weighted by molar-refractivity contribution is 0.299. The summed E-state index contributed by atoms with van der Waals surface area (Å²) >= 11 is 8.04. The van der Waals surface area contributed by atoms with Gasteiger partial charge in [-0.2, -0.15) is 0 Å². The van der Waals surface area contributed by atoms with Crippen molar-refractivity contribution in [3.63, 3.8) is 0 Å². The number of hydrogen-bond donors (Lipinski definition) is 2. The van der Waals surface area contributed by atoms with Gasteiger partial charge in [-0.25, -0.2) is 4.98 Å². The molecule has 0 bridgehead atoms. The Bertz CT molecular complexity index is 1080. The Morgan fingerprint density at radius 3 is 2.91 bits per heavy atom. The van der Waals surface area contributed by atoms with Gasteiger partial charge >= 0.3 is 0 Å². The average molecular weight is 469 g/mol. The third kappa shape index (κ3) is 6.41. The van der Waals surface area contributed by atoms with E-state index in [1.165, 1.54) is 18.4 Å². The van der Waals surface area contributed by atoms with Crippen molar-refractivity contribution < 1.29 is 9.84 Å². The SMILES string of the molecule is CC(NSCC/C=C/Cc1cc2cccc(O)c2nc1Cl)c1cccc(OCC2CC2)c1. The van der Waals surface area contributed by atoms with Crippen LogP contribution in [-0.4, -0.2) is 22.5 Å². The van der Waals surface area contributed by atoms with Crippen molar-refractivity contribution in [3.8, 4) is 11.5 Å². The van der Waals surface area contributed by atoms with Crippen LogP contribution in [0.15, 0.2) is 60.7 Å². The molecule has 2 aromatic carbocycles. The third-order valence-corrected chi connectivity index (χ3v) is 6.83. The van der Waals surface area contributed by atoms with E-state index in [4.69, 9.17) is 16.3 Å². The van der Waals surface area contributed by atoms with E-state index >= 15 is 0 Å². The maximum Gasteiger partial charge on any atom is 0.141 e. The van der Waals surface area contributed by atoms with Crippen LogP contribution in [0, 0.1) is 5.92 Å². The van der Waals surface area contributed by atoms with Crippen molar-refractivity contribution in [2.75, 3.05) is 12.4 Å². The van der Waals surface area contributed by atoms with Crippen LogP contribution in [0.3, 0.4) is 0 Å². The summed E-state index contributed by atoms with van der Waals surface area (Å²) in [6.07, 6.45) is 8.60. The molecule has 4 nitrogen and oxygen atoms in total. The molecule has 1 aliphatic carbocycles. The number of nitrogens with one attached hydrogen (secondary N) is 1. The van der Waals surface area contributed by atoms with Gasteiger partial charge in [0.1, 0.15) is 22.2 Å². The molecule has 0 radical (unpaired) electrons. The summed E-state index contributed by atoms with van der Waals surface area (Å²) in [5.74, 6) is 2.87. The highest BCUT2D eigenvalue weighted by atomic mass is 35.5. The summed E-state index contributed by atoms with van der Waals surface area (Å²) in [6.45, 7) is 3.02. The zero-order valence-electron chi connectivity index (χ0n) is 18.3. The van der Waals surface area contributed by atoms with Gasteiger partial charge in [-0.05, 0) is 73.9 Å². The van der Waals surface area contributed by atoms with Gasteiger partial charge in [-0.15, -0.1) is 0 Å². The van der Waals surface area contributed by atoms with Crippen molar-refractivity contribution in [2.24, 2.45) is 5.92 Å². The minimum absolute atomic E-state index is 0.155. The number of pyridine rings is 1. The number of para-hydroxylation sites is 1. The van der Waals surface area contributed by atoms with Crippen LogP contribution in [0.2, 0.25) is 5.15 Å². The maximum atomic E-state index is 9.90. The Hall–Kier alpha value is -2.21. The van der Waals surface area contributed by atoms with Crippen LogP contribution in [0.25, 0.3) is 10.9 Å². The number of aromatic hydroxyl groups is 1. The van der Waals surface area contributed by atoms with E-state index in [-0.39, 0.29) is 11.8 Å². The lowest BCUT2D eigenvalue weighted by Crippen LogP contribution is -2.11. The fraction of sp³-hybridized carbons (Fsp3) is 0.346. The molecule has 6 heteroatoms. The Balaban J connectivity index is 1.19. The van der Waals surface area contributed by atoms with E-state index in [0.29, 0.717) is 10.7 Å². The molecule has 0 aliphatic heterocycles. The van der Waals surface area contributed by atoms with E-state index < -0.39 is 0 Å². The summed E-state index contributed by atoms with van der Waals surface area (Å²) < 4.78 is 9.41. The highest BCUT2D eigenvalue weighted by Crippen LogP contribution is 2.30. The minimum atomic E-state index is 0.155. The highest BCUT2D eigenvalue weighted by molar-refractivity contribution is 7.97. The molecular weight excluding hydrogens is 440 g/mol. The number of phenols is 1. The fourth-order valence-electron chi connectivity index (χ4n) is 3.43. The number of ether oxygens (including phenoxy) is 1. The Kier molecular flexibility index (Phi) is 7.95. The largest absolute Gasteiger partial charge is 0.506 e. The first-order valence-electron chi connectivity index (χ1n) is 11.1. The van der Waals surface area contributed by atoms with Gasteiger partial charge in [0.15, 0.2) is 0 Å². The lowest BCUT2D eigenvalue weighted by Gasteiger charge is -2.14. The monoisotopic (exact) mass is 468 g/mol. The second-order valence-corrected chi connectivity index (χ2v) is 9.56. The van der Waals surface area contributed by atoms with Crippen LogP contribution in [-0.2, 0) is 6.42 Å². The van der Waals surface area contributed by atoms with Gasteiger partial charge in [0, 0.05) is 17.2 Å². The Labute approximate surface area is 199 Å². The predicted molar refractivity (Wildman–Crippen MR) is 135 cm³/mol. The van der Waals surface area contributed by atoms with E-state index in [1.54, 1.807) is 18.0 Å². The van der Waals surface area contributed by atoms with Gasteiger partial charge in [-0.3, -0.25) is 4.72 Å². The zero-order valence-corrected chi connectivity index (χ0v) is 19.8. The maximum absolute atomic E-state index is 9.90. The number of halogens is 1. The number of rotatable bonds is 11. The van der Waals surface area contributed by atoms with Crippen LogP contribution in [0.4, 0.5) is 0 Å². The van der Waals surface area contributed by atoms with Crippen LogP contribution in [0.1, 0.15) is 43.4 Å². The van der Waals surface area contributed by atoms with E-state index in [2.05, 4.69) is 47.0 Å². The van der Waals surface area contributed by atoms with Crippen LogP contribution in [0.5, 0.6) is 11.5 Å². The smallest absolute Gasteiger partial charge is 0.141 e. The molecule has 168 valence electrons. The lowest BCUT2D eigenvalue weighted by atomic mass is 10.1. The molecule has 1 aromatic heterocycles. The van der Waals surface area contributed by atoms with Gasteiger partial charge < -0.3 is 9.84 Å². The van der Waals surface area contributed by atoms with E-state index in [0.717, 1.165) is 47.8 Å². The first kappa shape index (κ1) is 23.0. The molecule has 4 rings (SSSR count). The summed E-state index contributed by atoms with van der Waals surface area (Å²) in [5, 5.41) is 11.2. The first-order chi connectivity index (χ1) is 15.6. The number of nitrogens with zero attached hydrogens (tertiary/aromatic N) is 1.